The van der Waals surface area contributed by atoms with Crippen LogP contribution in [0.1, 0.15) is 10.4 Å². The van der Waals surface area contributed by atoms with Gasteiger partial charge in [-0.3, -0.25) is 9.59 Å². The summed E-state index contributed by atoms with van der Waals surface area (Å²) >= 11 is 0. The molecular weight excluding hydrogens is 335 g/mol. The van der Waals surface area contributed by atoms with Gasteiger partial charge in [-0.25, -0.2) is 9.37 Å². The summed E-state index contributed by atoms with van der Waals surface area (Å²) in [5.74, 6) is -0.223. The number of nitrogens with zero attached hydrogens (tertiary/aromatic N) is 1. The predicted molar refractivity (Wildman–Crippen MR) is 96.5 cm³/mol. The number of carbonyl (C=O) groups excluding carboxylic acids is 1. The van der Waals surface area contributed by atoms with Gasteiger partial charge in [0.2, 0.25) is 5.56 Å². The van der Waals surface area contributed by atoms with Gasteiger partial charge in [0.15, 0.2) is 5.82 Å². The van der Waals surface area contributed by atoms with Gasteiger partial charge in [-0.1, -0.05) is 6.07 Å². The van der Waals surface area contributed by atoms with Crippen LogP contribution in [-0.2, 0) is 0 Å². The molecule has 7 heteroatoms. The van der Waals surface area contributed by atoms with Crippen molar-refractivity contribution < 1.29 is 9.18 Å². The zero-order valence-electron chi connectivity index (χ0n) is 13.4. The Balaban J connectivity index is 1.57. The minimum atomic E-state index is -0.383. The second-order valence-electron chi connectivity index (χ2n) is 5.69. The maximum atomic E-state index is 13.8. The van der Waals surface area contributed by atoms with Crippen LogP contribution >= 0.6 is 0 Å². The average molecular weight is 348 g/mol. The zero-order valence-corrected chi connectivity index (χ0v) is 13.4. The fourth-order valence-corrected chi connectivity index (χ4v) is 2.63. The number of halogens is 1. The number of H-pyrrole nitrogens is 2. The van der Waals surface area contributed by atoms with Crippen LogP contribution in [0.2, 0.25) is 0 Å². The first kappa shape index (κ1) is 15.8. The first-order valence-electron chi connectivity index (χ1n) is 7.85. The topological polar surface area (TPSA) is 90.6 Å². The molecule has 0 bridgehead atoms. The highest BCUT2D eigenvalue weighted by Gasteiger charge is 2.10. The highest BCUT2D eigenvalue weighted by molar-refractivity contribution is 6.04. The van der Waals surface area contributed by atoms with E-state index in [1.807, 2.05) is 0 Å². The Morgan fingerprint density at radius 3 is 2.62 bits per heavy atom. The van der Waals surface area contributed by atoms with E-state index in [2.05, 4.69) is 20.3 Å². The van der Waals surface area contributed by atoms with E-state index in [0.29, 0.717) is 17.0 Å². The highest BCUT2D eigenvalue weighted by atomic mass is 19.1. The molecule has 3 N–H and O–H groups in total. The molecule has 0 atom stereocenters. The molecule has 0 saturated carbocycles. The normalized spacial score (nSPS) is 10.8. The van der Waals surface area contributed by atoms with Gasteiger partial charge in [0.05, 0.1) is 5.52 Å². The Morgan fingerprint density at radius 2 is 1.88 bits per heavy atom. The van der Waals surface area contributed by atoms with Gasteiger partial charge in [-0.15, -0.1) is 0 Å². The van der Waals surface area contributed by atoms with E-state index in [4.69, 9.17) is 0 Å². The van der Waals surface area contributed by atoms with Crippen molar-refractivity contribution >= 4 is 22.6 Å². The van der Waals surface area contributed by atoms with Crippen molar-refractivity contribution in [3.63, 3.8) is 0 Å². The van der Waals surface area contributed by atoms with Crippen molar-refractivity contribution in [2.24, 2.45) is 0 Å². The molecule has 0 radical (unpaired) electrons. The molecule has 4 aromatic rings. The van der Waals surface area contributed by atoms with Crippen LogP contribution in [0.4, 0.5) is 10.1 Å². The fourth-order valence-electron chi connectivity index (χ4n) is 2.63. The molecule has 1 amide bonds. The molecular formula is C19H13FN4O2. The van der Waals surface area contributed by atoms with Gasteiger partial charge in [0, 0.05) is 29.1 Å². The van der Waals surface area contributed by atoms with Crippen molar-refractivity contribution in [1.29, 1.82) is 0 Å². The Morgan fingerprint density at radius 1 is 1.08 bits per heavy atom. The van der Waals surface area contributed by atoms with Crippen LogP contribution < -0.4 is 10.9 Å². The summed E-state index contributed by atoms with van der Waals surface area (Å²) in [6.07, 6.45) is 1.42. The number of pyridine rings is 1. The van der Waals surface area contributed by atoms with Crippen molar-refractivity contribution in [2.45, 2.75) is 0 Å². The summed E-state index contributed by atoms with van der Waals surface area (Å²) in [5.41, 5.74) is 2.16. The largest absolute Gasteiger partial charge is 0.338 e. The quantitative estimate of drug-likeness (QED) is 0.530. The van der Waals surface area contributed by atoms with E-state index in [0.717, 1.165) is 5.56 Å². The standard InChI is InChI=1S/C19H13FN4O2/c20-14-2-1-3-15-17(14)24-18(23-15)11-4-6-13(7-5-11)22-19(26)12-8-9-21-16(25)10-12/h1-10H,(H,21,25)(H,22,26)(H,23,24). The minimum Gasteiger partial charge on any atom is -0.338 e. The number of hydrogen-bond acceptors (Lipinski definition) is 3. The summed E-state index contributed by atoms with van der Waals surface area (Å²) < 4.78 is 13.8. The SMILES string of the molecule is O=C(Nc1ccc(-c2nc3c(F)cccc3[nH]2)cc1)c1cc[nH]c(=O)c1. The number of anilines is 1. The number of para-hydroxylation sites is 1. The fraction of sp³-hybridized carbons (Fsp3) is 0. The van der Waals surface area contributed by atoms with E-state index in [9.17, 15) is 14.0 Å². The smallest absolute Gasteiger partial charge is 0.255 e. The highest BCUT2D eigenvalue weighted by Crippen LogP contribution is 2.23. The molecule has 2 aromatic carbocycles. The summed E-state index contributed by atoms with van der Waals surface area (Å²) in [4.78, 5) is 33.2. The van der Waals surface area contributed by atoms with E-state index in [1.54, 1.807) is 36.4 Å². The van der Waals surface area contributed by atoms with Crippen LogP contribution in [0.15, 0.2) is 65.6 Å². The van der Waals surface area contributed by atoms with Crippen molar-refractivity contribution in [3.05, 3.63) is 82.5 Å². The van der Waals surface area contributed by atoms with Crippen molar-refractivity contribution in [3.8, 4) is 11.4 Å². The van der Waals surface area contributed by atoms with Gasteiger partial charge in [-0.05, 0) is 42.5 Å². The molecule has 0 saturated heterocycles. The third-order valence-electron chi connectivity index (χ3n) is 3.92. The lowest BCUT2D eigenvalue weighted by Gasteiger charge is -2.05. The molecule has 4 rings (SSSR count). The molecule has 128 valence electrons. The third-order valence-corrected chi connectivity index (χ3v) is 3.92. The molecule has 0 aliphatic carbocycles. The number of benzene rings is 2. The summed E-state index contributed by atoms with van der Waals surface area (Å²) in [5, 5.41) is 2.72. The van der Waals surface area contributed by atoms with Crippen LogP contribution in [0.3, 0.4) is 0 Å². The summed E-state index contributed by atoms with van der Waals surface area (Å²) in [6, 6.07) is 14.4. The lowest BCUT2D eigenvalue weighted by molar-refractivity contribution is 0.102. The van der Waals surface area contributed by atoms with E-state index in [-0.39, 0.29) is 28.4 Å². The van der Waals surface area contributed by atoms with Gasteiger partial charge in [-0.2, -0.15) is 0 Å². The van der Waals surface area contributed by atoms with Crippen LogP contribution in [0, 0.1) is 5.82 Å². The number of rotatable bonds is 3. The second kappa shape index (κ2) is 6.29. The number of nitrogens with one attached hydrogen (secondary N) is 3. The first-order chi connectivity index (χ1) is 12.6. The van der Waals surface area contributed by atoms with E-state index < -0.39 is 0 Å². The minimum absolute atomic E-state index is 0.269. The van der Waals surface area contributed by atoms with Crippen molar-refractivity contribution in [1.82, 2.24) is 15.0 Å². The number of hydrogen-bond donors (Lipinski definition) is 3. The van der Waals surface area contributed by atoms with E-state index >= 15 is 0 Å². The second-order valence-corrected chi connectivity index (χ2v) is 5.69. The molecule has 0 spiro atoms. The van der Waals surface area contributed by atoms with Crippen LogP contribution in [0.25, 0.3) is 22.4 Å². The Hall–Kier alpha value is -3.74. The van der Waals surface area contributed by atoms with E-state index in [1.165, 1.54) is 24.4 Å². The molecule has 2 aromatic heterocycles. The maximum absolute atomic E-state index is 13.8. The van der Waals surface area contributed by atoms with Gasteiger partial charge in [0.25, 0.3) is 5.91 Å². The Bertz CT molecular complexity index is 1160. The number of carbonyl (C=O) groups is 1. The monoisotopic (exact) mass is 348 g/mol. The number of aromatic amines is 2. The predicted octanol–water partition coefficient (Wildman–Crippen LogP) is 3.31. The molecule has 0 unspecified atom stereocenters. The molecule has 6 nitrogen and oxygen atoms in total. The number of fused-ring (bicyclic) bond motifs is 1. The number of imidazole rings is 1. The maximum Gasteiger partial charge on any atom is 0.255 e. The summed E-state index contributed by atoms with van der Waals surface area (Å²) in [7, 11) is 0. The molecule has 2 heterocycles. The third kappa shape index (κ3) is 2.98. The Labute approximate surface area is 146 Å². The molecule has 0 aliphatic rings. The van der Waals surface area contributed by atoms with Gasteiger partial charge < -0.3 is 15.3 Å². The molecule has 0 aliphatic heterocycles. The molecule has 26 heavy (non-hydrogen) atoms. The Kier molecular flexibility index (Phi) is 3.81. The van der Waals surface area contributed by atoms with Crippen molar-refractivity contribution in [2.75, 3.05) is 5.32 Å². The van der Waals surface area contributed by atoms with Crippen LogP contribution in [0.5, 0.6) is 0 Å². The molecule has 0 fully saturated rings. The first-order valence-corrected chi connectivity index (χ1v) is 7.85. The number of amides is 1. The van der Waals surface area contributed by atoms with Gasteiger partial charge in [0.1, 0.15) is 11.3 Å². The van der Waals surface area contributed by atoms with Gasteiger partial charge >= 0.3 is 0 Å². The lowest BCUT2D eigenvalue weighted by Crippen LogP contribution is -2.15. The zero-order chi connectivity index (χ0) is 18.1. The number of aromatic nitrogens is 3. The average Bonchev–Trinajstić information content (AvgIpc) is 3.08. The van der Waals surface area contributed by atoms with Crippen LogP contribution in [-0.4, -0.2) is 20.9 Å². The summed E-state index contributed by atoms with van der Waals surface area (Å²) in [6.45, 7) is 0. The lowest BCUT2D eigenvalue weighted by atomic mass is 10.2.